The largest absolute Gasteiger partial charge is 0.354 e. The quantitative estimate of drug-likeness (QED) is 0.804. The number of hydrogen-bond acceptors (Lipinski definition) is 2. The van der Waals surface area contributed by atoms with Crippen molar-refractivity contribution in [2.24, 2.45) is 5.92 Å². The van der Waals surface area contributed by atoms with E-state index in [0.717, 1.165) is 19.0 Å². The van der Waals surface area contributed by atoms with E-state index in [1.807, 2.05) is 13.8 Å². The zero-order chi connectivity index (χ0) is 12.2. The van der Waals surface area contributed by atoms with Crippen LogP contribution < -0.4 is 5.32 Å². The molecule has 0 atom stereocenters. The first-order valence-corrected chi connectivity index (χ1v) is 6.88. The van der Waals surface area contributed by atoms with E-state index in [4.69, 9.17) is 0 Å². The molecule has 1 aliphatic rings. The monoisotopic (exact) mass is 290 g/mol. The molecule has 3 nitrogen and oxygen atoms in total. The second-order valence-electron chi connectivity index (χ2n) is 5.25. The van der Waals surface area contributed by atoms with Crippen LogP contribution in [-0.2, 0) is 4.79 Å². The molecule has 1 saturated heterocycles. The minimum absolute atomic E-state index is 0.0675. The number of nitrogens with one attached hydrogen (secondary N) is 1. The second kappa shape index (κ2) is 6.01. The molecule has 0 radical (unpaired) electrons. The summed E-state index contributed by atoms with van der Waals surface area (Å²) in [6.45, 7) is 10.1. The lowest BCUT2D eigenvalue weighted by molar-refractivity contribution is -0.122. The fourth-order valence-electron chi connectivity index (χ4n) is 1.82. The highest BCUT2D eigenvalue weighted by Crippen LogP contribution is 2.16. The predicted molar refractivity (Wildman–Crippen MR) is 70.9 cm³/mol. The van der Waals surface area contributed by atoms with E-state index >= 15 is 0 Å². The molecule has 0 spiro atoms. The first kappa shape index (κ1) is 14.0. The molecule has 0 bridgehead atoms. The molecule has 0 unspecified atom stereocenters. The van der Waals surface area contributed by atoms with E-state index in [1.165, 1.54) is 25.9 Å². The molecular formula is C12H23BrN2O. The SMILES string of the molecule is CC1CCN(CCNC(=O)C(C)(C)Br)CC1. The number of piperidine rings is 1. The summed E-state index contributed by atoms with van der Waals surface area (Å²) in [5, 5.41) is 2.95. The van der Waals surface area contributed by atoms with Gasteiger partial charge in [-0.3, -0.25) is 4.79 Å². The Labute approximate surface area is 107 Å². The molecule has 4 heteroatoms. The maximum atomic E-state index is 11.6. The van der Waals surface area contributed by atoms with E-state index in [1.54, 1.807) is 0 Å². The van der Waals surface area contributed by atoms with Crippen LogP contribution in [0.1, 0.15) is 33.6 Å². The summed E-state index contributed by atoms with van der Waals surface area (Å²) in [7, 11) is 0. The van der Waals surface area contributed by atoms with Gasteiger partial charge in [-0.15, -0.1) is 0 Å². The maximum absolute atomic E-state index is 11.6. The number of carbonyl (C=O) groups is 1. The highest BCUT2D eigenvalue weighted by molar-refractivity contribution is 9.10. The zero-order valence-electron chi connectivity index (χ0n) is 10.6. The van der Waals surface area contributed by atoms with Crippen LogP contribution in [0.4, 0.5) is 0 Å². The van der Waals surface area contributed by atoms with Crippen molar-refractivity contribution in [3.8, 4) is 0 Å². The molecule has 0 aromatic heterocycles. The predicted octanol–water partition coefficient (Wildman–Crippen LogP) is 2.01. The molecule has 0 aromatic carbocycles. The minimum Gasteiger partial charge on any atom is -0.354 e. The summed E-state index contributed by atoms with van der Waals surface area (Å²) >= 11 is 3.35. The highest BCUT2D eigenvalue weighted by Gasteiger charge is 2.23. The van der Waals surface area contributed by atoms with E-state index < -0.39 is 4.32 Å². The van der Waals surface area contributed by atoms with Crippen molar-refractivity contribution in [3.05, 3.63) is 0 Å². The summed E-state index contributed by atoms with van der Waals surface area (Å²) in [6, 6.07) is 0. The van der Waals surface area contributed by atoms with Gasteiger partial charge in [-0.2, -0.15) is 0 Å². The molecule has 0 aliphatic carbocycles. The second-order valence-corrected chi connectivity index (χ2v) is 7.24. The maximum Gasteiger partial charge on any atom is 0.236 e. The van der Waals surface area contributed by atoms with Crippen LogP contribution in [0, 0.1) is 5.92 Å². The number of amides is 1. The third-order valence-corrected chi connectivity index (χ3v) is 3.49. The summed E-state index contributed by atoms with van der Waals surface area (Å²) in [4.78, 5) is 14.0. The fourth-order valence-corrected chi connectivity index (χ4v) is 1.96. The smallest absolute Gasteiger partial charge is 0.236 e. The Morgan fingerprint density at radius 3 is 2.50 bits per heavy atom. The topological polar surface area (TPSA) is 32.3 Å². The van der Waals surface area contributed by atoms with Crippen LogP contribution in [0.15, 0.2) is 0 Å². The Hall–Kier alpha value is -0.0900. The van der Waals surface area contributed by atoms with E-state index in [0.29, 0.717) is 0 Å². The Morgan fingerprint density at radius 1 is 1.44 bits per heavy atom. The Morgan fingerprint density at radius 2 is 2.00 bits per heavy atom. The Kier molecular flexibility index (Phi) is 5.25. The fraction of sp³-hybridized carbons (Fsp3) is 0.917. The molecule has 1 amide bonds. The molecule has 16 heavy (non-hydrogen) atoms. The van der Waals surface area contributed by atoms with Gasteiger partial charge in [0.05, 0.1) is 4.32 Å². The van der Waals surface area contributed by atoms with Gasteiger partial charge in [0, 0.05) is 13.1 Å². The van der Waals surface area contributed by atoms with Crippen LogP contribution in [-0.4, -0.2) is 41.3 Å². The van der Waals surface area contributed by atoms with E-state index in [2.05, 4.69) is 33.1 Å². The highest BCUT2D eigenvalue weighted by atomic mass is 79.9. The first-order valence-electron chi connectivity index (χ1n) is 6.09. The molecule has 1 fully saturated rings. The van der Waals surface area contributed by atoms with Gasteiger partial charge < -0.3 is 10.2 Å². The third kappa shape index (κ3) is 4.83. The van der Waals surface area contributed by atoms with Gasteiger partial charge in [0.25, 0.3) is 0 Å². The number of halogens is 1. The first-order chi connectivity index (χ1) is 7.39. The molecule has 94 valence electrons. The lowest BCUT2D eigenvalue weighted by atomic mass is 9.99. The molecule has 1 N–H and O–H groups in total. The van der Waals surface area contributed by atoms with Crippen LogP contribution in [0.2, 0.25) is 0 Å². The number of alkyl halides is 1. The summed E-state index contributed by atoms with van der Waals surface area (Å²) in [5.41, 5.74) is 0. The zero-order valence-corrected chi connectivity index (χ0v) is 12.1. The van der Waals surface area contributed by atoms with Crippen LogP contribution >= 0.6 is 15.9 Å². The van der Waals surface area contributed by atoms with Crippen molar-refractivity contribution in [2.75, 3.05) is 26.2 Å². The van der Waals surface area contributed by atoms with Crippen molar-refractivity contribution in [2.45, 2.75) is 37.9 Å². The number of hydrogen-bond donors (Lipinski definition) is 1. The van der Waals surface area contributed by atoms with E-state index in [9.17, 15) is 4.79 Å². The van der Waals surface area contributed by atoms with Crippen LogP contribution in [0.25, 0.3) is 0 Å². The van der Waals surface area contributed by atoms with Crippen molar-refractivity contribution in [1.29, 1.82) is 0 Å². The number of carbonyl (C=O) groups excluding carboxylic acids is 1. The van der Waals surface area contributed by atoms with Crippen molar-refractivity contribution < 1.29 is 4.79 Å². The average molecular weight is 291 g/mol. The minimum atomic E-state index is -0.455. The van der Waals surface area contributed by atoms with Gasteiger partial charge in [0.15, 0.2) is 0 Å². The van der Waals surface area contributed by atoms with E-state index in [-0.39, 0.29) is 5.91 Å². The molecule has 1 rings (SSSR count). The summed E-state index contributed by atoms with van der Waals surface area (Å²) in [6.07, 6.45) is 2.58. The van der Waals surface area contributed by atoms with Gasteiger partial charge in [0.2, 0.25) is 5.91 Å². The molecule has 0 aromatic rings. The normalized spacial score (nSPS) is 19.8. The molecular weight excluding hydrogens is 268 g/mol. The van der Waals surface area contributed by atoms with Crippen LogP contribution in [0.5, 0.6) is 0 Å². The third-order valence-electron chi connectivity index (χ3n) is 3.13. The van der Waals surface area contributed by atoms with Gasteiger partial charge in [-0.25, -0.2) is 0 Å². The lowest BCUT2D eigenvalue weighted by Gasteiger charge is -2.30. The molecule has 0 saturated carbocycles. The number of rotatable bonds is 4. The summed E-state index contributed by atoms with van der Waals surface area (Å²) in [5.74, 6) is 0.935. The van der Waals surface area contributed by atoms with Crippen molar-refractivity contribution in [3.63, 3.8) is 0 Å². The molecule has 1 aliphatic heterocycles. The van der Waals surface area contributed by atoms with Crippen molar-refractivity contribution in [1.82, 2.24) is 10.2 Å². The number of likely N-dealkylation sites (tertiary alicyclic amines) is 1. The number of nitrogens with zero attached hydrogens (tertiary/aromatic N) is 1. The van der Waals surface area contributed by atoms with Crippen molar-refractivity contribution >= 4 is 21.8 Å². The standard InChI is InChI=1S/C12H23BrN2O/c1-10-4-7-15(8-5-10)9-6-14-11(16)12(2,3)13/h10H,4-9H2,1-3H3,(H,14,16). The molecule has 1 heterocycles. The van der Waals surface area contributed by atoms with Gasteiger partial charge in [-0.1, -0.05) is 22.9 Å². The Bertz CT molecular complexity index is 230. The van der Waals surface area contributed by atoms with Gasteiger partial charge >= 0.3 is 0 Å². The Balaban J connectivity index is 2.14. The average Bonchev–Trinajstić information content (AvgIpc) is 2.19. The van der Waals surface area contributed by atoms with Gasteiger partial charge in [-0.05, 0) is 45.7 Å². The van der Waals surface area contributed by atoms with Gasteiger partial charge in [0.1, 0.15) is 0 Å². The summed E-state index contributed by atoms with van der Waals surface area (Å²) < 4.78 is -0.455. The lowest BCUT2D eigenvalue weighted by Crippen LogP contribution is -2.43. The van der Waals surface area contributed by atoms with Crippen LogP contribution in [0.3, 0.4) is 0 Å².